The van der Waals surface area contributed by atoms with Crippen molar-refractivity contribution in [1.82, 2.24) is 24.6 Å². The van der Waals surface area contributed by atoms with Crippen molar-refractivity contribution in [3.8, 4) is 0 Å². The summed E-state index contributed by atoms with van der Waals surface area (Å²) in [6.45, 7) is -1.73. The van der Waals surface area contributed by atoms with Gasteiger partial charge >= 0.3 is 21.5 Å². The summed E-state index contributed by atoms with van der Waals surface area (Å²) in [7, 11) is -9.81. The zero-order valence-corrected chi connectivity index (χ0v) is 17.8. The Morgan fingerprint density at radius 2 is 2.03 bits per heavy atom. The molecule has 3 heterocycles. The quantitative estimate of drug-likeness (QED) is 0.180. The SMILES string of the molecule is Nc1ncnc2c1ncn2[C@H]1C[C@H](O)[C@@H](COP(=O)(O)N[C@@H](COP(=O)(O)O)C(=O)O)O1. The van der Waals surface area contributed by atoms with E-state index in [4.69, 9.17) is 29.9 Å². The number of nitrogens with one attached hydrogen (secondary N) is 1. The van der Waals surface area contributed by atoms with E-state index in [2.05, 4.69) is 19.5 Å². The minimum atomic E-state index is -5.01. The first kappa shape index (κ1) is 24.6. The summed E-state index contributed by atoms with van der Waals surface area (Å²) >= 11 is 0. The van der Waals surface area contributed by atoms with Crippen molar-refractivity contribution in [3.63, 3.8) is 0 Å². The predicted molar refractivity (Wildman–Crippen MR) is 103 cm³/mol. The molecule has 32 heavy (non-hydrogen) atoms. The Morgan fingerprint density at radius 1 is 1.31 bits per heavy atom. The molecule has 3 rings (SSSR count). The standard InChI is InChI=1S/C13H20N6O11P2/c14-11-10-12(16-4-15-11)19(5-17-10)9-1-7(20)8(30-9)3-28-31(23,24)18-6(13(21)22)2-29-32(25,26)27/h4-9,20H,1-3H2,(H,21,22)(H2,14,15,16)(H2,18,23,24)(H2,25,26,27)/t6-,7-,8+,9+/m0/s1. The van der Waals surface area contributed by atoms with Crippen LogP contribution in [0.25, 0.3) is 11.2 Å². The molecule has 0 bridgehead atoms. The lowest BCUT2D eigenvalue weighted by Gasteiger charge is -2.21. The number of phosphoric ester groups is 1. The molecule has 0 amide bonds. The number of nitrogen functional groups attached to an aromatic ring is 1. The molecule has 17 nitrogen and oxygen atoms in total. The van der Waals surface area contributed by atoms with Crippen molar-refractivity contribution < 1.29 is 52.6 Å². The Hall–Kier alpha value is -2.04. The van der Waals surface area contributed by atoms with E-state index in [1.165, 1.54) is 17.2 Å². The van der Waals surface area contributed by atoms with Crippen LogP contribution in [-0.4, -0.2) is 81.8 Å². The van der Waals surface area contributed by atoms with Gasteiger partial charge in [0.1, 0.15) is 30.2 Å². The number of carboxylic acids is 1. The molecule has 0 saturated carbocycles. The molecule has 178 valence electrons. The van der Waals surface area contributed by atoms with Crippen molar-refractivity contribution in [2.75, 3.05) is 18.9 Å². The highest BCUT2D eigenvalue weighted by atomic mass is 31.2. The fourth-order valence-corrected chi connectivity index (χ4v) is 4.21. The van der Waals surface area contributed by atoms with Gasteiger partial charge < -0.3 is 35.4 Å². The number of hydrogen-bond donors (Lipinski definition) is 7. The summed E-state index contributed by atoms with van der Waals surface area (Å²) in [5.41, 5.74) is 6.40. The van der Waals surface area contributed by atoms with Crippen molar-refractivity contribution in [2.24, 2.45) is 0 Å². The molecule has 8 N–H and O–H groups in total. The van der Waals surface area contributed by atoms with Gasteiger partial charge in [-0.3, -0.25) is 18.4 Å². The minimum absolute atomic E-state index is 0.0560. The number of carbonyl (C=O) groups is 1. The van der Waals surface area contributed by atoms with Crippen LogP contribution in [0.1, 0.15) is 12.6 Å². The van der Waals surface area contributed by atoms with E-state index in [0.717, 1.165) is 0 Å². The molecule has 1 aliphatic heterocycles. The van der Waals surface area contributed by atoms with E-state index in [1.54, 1.807) is 5.09 Å². The number of anilines is 1. The Morgan fingerprint density at radius 3 is 2.69 bits per heavy atom. The van der Waals surface area contributed by atoms with Crippen molar-refractivity contribution in [2.45, 2.75) is 30.9 Å². The van der Waals surface area contributed by atoms with Crippen LogP contribution in [0.3, 0.4) is 0 Å². The molecule has 0 radical (unpaired) electrons. The van der Waals surface area contributed by atoms with Crippen molar-refractivity contribution in [3.05, 3.63) is 12.7 Å². The molecule has 0 aliphatic carbocycles. The number of phosphoric acid groups is 1. The lowest BCUT2D eigenvalue weighted by Crippen LogP contribution is -2.39. The molecule has 1 saturated heterocycles. The van der Waals surface area contributed by atoms with Gasteiger partial charge in [-0.15, -0.1) is 0 Å². The van der Waals surface area contributed by atoms with Crippen LogP contribution in [0, 0.1) is 0 Å². The minimum Gasteiger partial charge on any atom is -0.480 e. The lowest BCUT2D eigenvalue weighted by atomic mass is 10.2. The largest absolute Gasteiger partial charge is 0.480 e. The number of aromatic nitrogens is 4. The number of imidazole rings is 1. The molecule has 0 spiro atoms. The highest BCUT2D eigenvalue weighted by Crippen LogP contribution is 2.41. The monoisotopic (exact) mass is 498 g/mol. The maximum Gasteiger partial charge on any atom is 0.469 e. The van der Waals surface area contributed by atoms with Crippen LogP contribution in [0.2, 0.25) is 0 Å². The number of aliphatic carboxylic acids is 1. The fraction of sp³-hybridized carbons (Fsp3) is 0.538. The number of ether oxygens (including phenoxy) is 1. The van der Waals surface area contributed by atoms with Crippen LogP contribution >= 0.6 is 15.6 Å². The highest BCUT2D eigenvalue weighted by Gasteiger charge is 2.38. The summed E-state index contributed by atoms with van der Waals surface area (Å²) in [6, 6.07) is -1.97. The van der Waals surface area contributed by atoms with Gasteiger partial charge in [0, 0.05) is 6.42 Å². The van der Waals surface area contributed by atoms with Crippen LogP contribution in [0.15, 0.2) is 12.7 Å². The number of carboxylic acid groups (broad SMARTS) is 1. The number of nitrogens with zero attached hydrogens (tertiary/aromatic N) is 4. The Balaban J connectivity index is 1.61. The number of aliphatic hydroxyl groups excluding tert-OH is 1. The predicted octanol–water partition coefficient (Wildman–Crippen LogP) is -1.67. The molecular weight excluding hydrogens is 478 g/mol. The number of rotatable bonds is 10. The van der Waals surface area contributed by atoms with Gasteiger partial charge in [-0.05, 0) is 0 Å². The normalized spacial score (nSPS) is 24.4. The third-order valence-electron chi connectivity index (χ3n) is 4.34. The number of hydrogen-bond acceptors (Lipinski definition) is 11. The second-order valence-electron chi connectivity index (χ2n) is 6.64. The van der Waals surface area contributed by atoms with Crippen LogP contribution in [0.4, 0.5) is 5.82 Å². The molecular formula is C13H20N6O11P2. The fourth-order valence-electron chi connectivity index (χ4n) is 2.86. The summed E-state index contributed by atoms with van der Waals surface area (Å²) in [5.74, 6) is -1.57. The molecule has 5 atom stereocenters. The van der Waals surface area contributed by atoms with Crippen LogP contribution in [0.5, 0.6) is 0 Å². The van der Waals surface area contributed by atoms with Gasteiger partial charge in [0.2, 0.25) is 0 Å². The molecule has 1 fully saturated rings. The van der Waals surface area contributed by atoms with Gasteiger partial charge in [-0.25, -0.2) is 29.2 Å². The average Bonchev–Trinajstić information content (AvgIpc) is 3.27. The smallest absolute Gasteiger partial charge is 0.469 e. The van der Waals surface area contributed by atoms with Crippen molar-refractivity contribution in [1.29, 1.82) is 0 Å². The summed E-state index contributed by atoms with van der Waals surface area (Å²) < 4.78 is 38.9. The van der Waals surface area contributed by atoms with Gasteiger partial charge in [0.05, 0.1) is 25.6 Å². The van der Waals surface area contributed by atoms with Gasteiger partial charge in [-0.1, -0.05) is 0 Å². The first-order valence-electron chi connectivity index (χ1n) is 8.81. The second kappa shape index (κ2) is 9.44. The maximum atomic E-state index is 12.2. The second-order valence-corrected chi connectivity index (χ2v) is 9.43. The Kier molecular flexibility index (Phi) is 7.26. The molecule has 2 aromatic heterocycles. The van der Waals surface area contributed by atoms with E-state index in [-0.39, 0.29) is 12.2 Å². The van der Waals surface area contributed by atoms with Gasteiger partial charge in [0.25, 0.3) is 0 Å². The van der Waals surface area contributed by atoms with E-state index in [1.807, 2.05) is 0 Å². The van der Waals surface area contributed by atoms with Crippen LogP contribution < -0.4 is 10.8 Å². The third kappa shape index (κ3) is 6.05. The van der Waals surface area contributed by atoms with E-state index >= 15 is 0 Å². The topological polar surface area (TPSA) is 262 Å². The molecule has 19 heteroatoms. The van der Waals surface area contributed by atoms with E-state index in [0.29, 0.717) is 11.2 Å². The first-order chi connectivity index (χ1) is 14.9. The Bertz CT molecular complexity index is 1080. The van der Waals surface area contributed by atoms with E-state index < -0.39 is 59.2 Å². The summed E-state index contributed by atoms with van der Waals surface area (Å²) in [4.78, 5) is 50.3. The zero-order chi connectivity index (χ0) is 23.7. The lowest BCUT2D eigenvalue weighted by molar-refractivity contribution is -0.140. The molecule has 1 aliphatic rings. The molecule has 2 aromatic rings. The molecule has 1 unspecified atom stereocenters. The first-order valence-corrected chi connectivity index (χ1v) is 11.9. The molecule has 0 aromatic carbocycles. The third-order valence-corrected chi connectivity index (χ3v) is 5.96. The van der Waals surface area contributed by atoms with Crippen molar-refractivity contribution >= 4 is 38.5 Å². The maximum absolute atomic E-state index is 12.2. The zero-order valence-electron chi connectivity index (χ0n) is 16.0. The number of nitrogens with two attached hydrogens (primary N) is 1. The van der Waals surface area contributed by atoms with Gasteiger partial charge in [-0.2, -0.15) is 0 Å². The summed E-state index contributed by atoms with van der Waals surface area (Å²) in [5, 5.41) is 21.0. The number of aliphatic hydroxyl groups is 1. The Labute approximate surface area is 179 Å². The highest BCUT2D eigenvalue weighted by molar-refractivity contribution is 7.50. The van der Waals surface area contributed by atoms with Crippen LogP contribution in [-0.2, 0) is 27.7 Å². The van der Waals surface area contributed by atoms with Gasteiger partial charge in [0.15, 0.2) is 11.5 Å². The number of fused-ring (bicyclic) bond motifs is 1. The van der Waals surface area contributed by atoms with E-state index in [9.17, 15) is 23.9 Å². The summed E-state index contributed by atoms with van der Waals surface area (Å²) in [6.07, 6.45) is -0.288. The average molecular weight is 498 g/mol.